The molecule has 0 aromatic heterocycles. The second-order valence-electron chi connectivity index (χ2n) is 5.58. The highest BCUT2D eigenvalue weighted by Gasteiger charge is 2.24. The fourth-order valence-electron chi connectivity index (χ4n) is 2.61. The third kappa shape index (κ3) is 4.32. The fourth-order valence-corrected chi connectivity index (χ4v) is 3.65. The summed E-state index contributed by atoms with van der Waals surface area (Å²) in [5, 5.41) is 3.24. The fraction of sp³-hybridized carbons (Fsp3) is 0.222. The lowest BCUT2D eigenvalue weighted by Gasteiger charge is -2.17. The molecule has 1 fully saturated rings. The Kier molecular flexibility index (Phi) is 5.60. The van der Waals surface area contributed by atoms with Gasteiger partial charge in [0.2, 0.25) is 11.8 Å². The molecule has 3 rings (SSSR count). The zero-order valence-electron chi connectivity index (χ0n) is 13.3. The second kappa shape index (κ2) is 7.89. The van der Waals surface area contributed by atoms with Gasteiger partial charge in [0.15, 0.2) is 0 Å². The van der Waals surface area contributed by atoms with Crippen LogP contribution in [-0.2, 0) is 9.59 Å². The lowest BCUT2D eigenvalue weighted by molar-refractivity contribution is -0.117. The van der Waals surface area contributed by atoms with E-state index in [1.54, 1.807) is 12.1 Å². The smallest absolute Gasteiger partial charge is 0.234 e. The summed E-state index contributed by atoms with van der Waals surface area (Å²) in [7, 11) is 0. The molecule has 25 heavy (non-hydrogen) atoms. The average molecular weight is 379 g/mol. The standard InChI is InChI=1S/C18H16ClFN2O2S/c19-13-4-1-2-5-16(13)25-11-17(23)21-12-7-8-15(14(20)10-12)22-9-3-6-18(22)24/h1-2,4-5,7-8,10H,3,6,9,11H2,(H,21,23). The highest BCUT2D eigenvalue weighted by molar-refractivity contribution is 8.00. The molecule has 7 heteroatoms. The molecule has 2 aromatic rings. The van der Waals surface area contributed by atoms with E-state index in [1.807, 2.05) is 18.2 Å². The zero-order valence-corrected chi connectivity index (χ0v) is 14.9. The van der Waals surface area contributed by atoms with Gasteiger partial charge in [0.1, 0.15) is 5.82 Å². The number of halogens is 2. The molecule has 2 amide bonds. The van der Waals surface area contributed by atoms with Crippen molar-refractivity contribution < 1.29 is 14.0 Å². The molecule has 4 nitrogen and oxygen atoms in total. The molecule has 0 bridgehead atoms. The SMILES string of the molecule is O=C(CSc1ccccc1Cl)Nc1ccc(N2CCCC2=O)c(F)c1. The number of anilines is 2. The van der Waals surface area contributed by atoms with Crippen molar-refractivity contribution in [1.82, 2.24) is 0 Å². The van der Waals surface area contributed by atoms with Crippen LogP contribution in [0.25, 0.3) is 0 Å². The van der Waals surface area contributed by atoms with E-state index in [9.17, 15) is 14.0 Å². The Labute approximate surface area is 154 Å². The number of nitrogens with zero attached hydrogens (tertiary/aromatic N) is 1. The first-order valence-electron chi connectivity index (χ1n) is 7.81. The van der Waals surface area contributed by atoms with Crippen LogP contribution in [0, 0.1) is 5.82 Å². The van der Waals surface area contributed by atoms with E-state index in [1.165, 1.54) is 28.8 Å². The van der Waals surface area contributed by atoms with Crippen LogP contribution in [0.2, 0.25) is 5.02 Å². The molecule has 2 aromatic carbocycles. The quantitative estimate of drug-likeness (QED) is 0.787. The number of carbonyl (C=O) groups excluding carboxylic acids is 2. The Morgan fingerprint density at radius 1 is 1.28 bits per heavy atom. The van der Waals surface area contributed by atoms with Crippen LogP contribution in [-0.4, -0.2) is 24.1 Å². The molecule has 0 spiro atoms. The molecule has 1 N–H and O–H groups in total. The van der Waals surface area contributed by atoms with Crippen LogP contribution in [0.15, 0.2) is 47.4 Å². The Balaban J connectivity index is 1.61. The highest BCUT2D eigenvalue weighted by Crippen LogP contribution is 2.28. The van der Waals surface area contributed by atoms with Gasteiger partial charge in [-0.15, -0.1) is 11.8 Å². The summed E-state index contributed by atoms with van der Waals surface area (Å²) in [6.45, 7) is 0.524. The second-order valence-corrected chi connectivity index (χ2v) is 7.01. The van der Waals surface area contributed by atoms with Crippen molar-refractivity contribution in [3.05, 3.63) is 53.3 Å². The number of amides is 2. The summed E-state index contributed by atoms with van der Waals surface area (Å²) < 4.78 is 14.3. The summed E-state index contributed by atoms with van der Waals surface area (Å²) in [5.41, 5.74) is 0.614. The van der Waals surface area contributed by atoms with Crippen LogP contribution in [0.3, 0.4) is 0 Å². The van der Waals surface area contributed by atoms with E-state index >= 15 is 0 Å². The maximum atomic E-state index is 14.3. The predicted octanol–water partition coefficient (Wildman–Crippen LogP) is 4.34. The van der Waals surface area contributed by atoms with E-state index in [4.69, 9.17) is 11.6 Å². The van der Waals surface area contributed by atoms with Crippen LogP contribution in [0.1, 0.15) is 12.8 Å². The van der Waals surface area contributed by atoms with Crippen LogP contribution >= 0.6 is 23.4 Å². The van der Waals surface area contributed by atoms with Gasteiger partial charge in [-0.3, -0.25) is 9.59 Å². The molecule has 1 aliphatic heterocycles. The first-order valence-corrected chi connectivity index (χ1v) is 9.18. The van der Waals surface area contributed by atoms with E-state index < -0.39 is 5.82 Å². The Bertz CT molecular complexity index is 815. The van der Waals surface area contributed by atoms with Crippen molar-refractivity contribution in [2.45, 2.75) is 17.7 Å². The van der Waals surface area contributed by atoms with Gasteiger partial charge in [0, 0.05) is 23.5 Å². The molecule has 0 saturated carbocycles. The summed E-state index contributed by atoms with van der Waals surface area (Å²) in [6.07, 6.45) is 1.17. The van der Waals surface area contributed by atoms with Gasteiger partial charge in [-0.05, 0) is 36.8 Å². The molecular formula is C18H16ClFN2O2S. The van der Waals surface area contributed by atoms with E-state index in [0.717, 1.165) is 11.3 Å². The van der Waals surface area contributed by atoms with Gasteiger partial charge in [0.25, 0.3) is 0 Å². The van der Waals surface area contributed by atoms with Gasteiger partial charge in [-0.2, -0.15) is 0 Å². The third-order valence-corrected chi connectivity index (χ3v) is 5.31. The minimum Gasteiger partial charge on any atom is -0.325 e. The van der Waals surface area contributed by atoms with Crippen molar-refractivity contribution in [1.29, 1.82) is 0 Å². The summed E-state index contributed by atoms with van der Waals surface area (Å²) in [4.78, 5) is 26.0. The number of nitrogens with one attached hydrogen (secondary N) is 1. The van der Waals surface area contributed by atoms with E-state index in [2.05, 4.69) is 5.32 Å². The summed E-state index contributed by atoms with van der Waals surface area (Å²) in [6, 6.07) is 11.6. The molecule has 0 unspecified atom stereocenters. The van der Waals surface area contributed by atoms with Crippen molar-refractivity contribution in [3.8, 4) is 0 Å². The normalized spacial score (nSPS) is 14.0. The minimum absolute atomic E-state index is 0.0770. The Hall–Kier alpha value is -2.05. The molecule has 1 heterocycles. The van der Waals surface area contributed by atoms with Crippen LogP contribution < -0.4 is 10.2 Å². The number of thioether (sulfide) groups is 1. The van der Waals surface area contributed by atoms with Crippen LogP contribution in [0.5, 0.6) is 0 Å². The molecule has 1 aliphatic rings. The number of rotatable bonds is 5. The van der Waals surface area contributed by atoms with Gasteiger partial charge in [-0.1, -0.05) is 23.7 Å². The first-order chi connectivity index (χ1) is 12.0. The largest absolute Gasteiger partial charge is 0.325 e. The molecule has 0 aliphatic carbocycles. The van der Waals surface area contributed by atoms with Crippen molar-refractivity contribution in [2.24, 2.45) is 0 Å². The zero-order chi connectivity index (χ0) is 17.8. The third-order valence-electron chi connectivity index (χ3n) is 3.79. The molecule has 0 atom stereocenters. The lowest BCUT2D eigenvalue weighted by Crippen LogP contribution is -2.24. The van der Waals surface area contributed by atoms with Crippen LogP contribution in [0.4, 0.5) is 15.8 Å². The van der Waals surface area contributed by atoms with Crippen molar-refractivity contribution in [3.63, 3.8) is 0 Å². The number of carbonyl (C=O) groups is 2. The van der Waals surface area contributed by atoms with E-state index in [0.29, 0.717) is 23.7 Å². The predicted molar refractivity (Wildman–Crippen MR) is 98.8 cm³/mol. The van der Waals surface area contributed by atoms with E-state index in [-0.39, 0.29) is 23.3 Å². The summed E-state index contributed by atoms with van der Waals surface area (Å²) in [5.74, 6) is -0.689. The molecular weight excluding hydrogens is 363 g/mol. The Morgan fingerprint density at radius 3 is 2.76 bits per heavy atom. The minimum atomic E-state index is -0.521. The number of hydrogen-bond acceptors (Lipinski definition) is 3. The van der Waals surface area contributed by atoms with Gasteiger partial charge < -0.3 is 10.2 Å². The maximum Gasteiger partial charge on any atom is 0.234 e. The summed E-state index contributed by atoms with van der Waals surface area (Å²) >= 11 is 7.36. The lowest BCUT2D eigenvalue weighted by atomic mass is 10.2. The highest BCUT2D eigenvalue weighted by atomic mass is 35.5. The van der Waals surface area contributed by atoms with Crippen molar-refractivity contribution >= 4 is 46.6 Å². The Morgan fingerprint density at radius 2 is 2.08 bits per heavy atom. The molecule has 0 radical (unpaired) electrons. The number of benzene rings is 2. The maximum absolute atomic E-state index is 14.3. The molecule has 130 valence electrons. The average Bonchev–Trinajstić information content (AvgIpc) is 3.00. The van der Waals surface area contributed by atoms with Gasteiger partial charge in [-0.25, -0.2) is 4.39 Å². The van der Waals surface area contributed by atoms with Gasteiger partial charge >= 0.3 is 0 Å². The molecule has 1 saturated heterocycles. The van der Waals surface area contributed by atoms with Crippen molar-refractivity contribution in [2.75, 3.05) is 22.5 Å². The first kappa shape index (κ1) is 17.8. The number of hydrogen-bond donors (Lipinski definition) is 1. The van der Waals surface area contributed by atoms with Gasteiger partial charge in [0.05, 0.1) is 16.5 Å². The topological polar surface area (TPSA) is 49.4 Å². The monoisotopic (exact) mass is 378 g/mol.